The van der Waals surface area contributed by atoms with Gasteiger partial charge in [-0.05, 0) is 24.6 Å². The minimum Gasteiger partial charge on any atom is -0.470 e. The van der Waals surface area contributed by atoms with Crippen LogP contribution in [0.4, 0.5) is 5.69 Å². The van der Waals surface area contributed by atoms with Crippen LogP contribution in [0.1, 0.15) is 12.8 Å². The Bertz CT molecular complexity index is 737. The van der Waals surface area contributed by atoms with Crippen LogP contribution in [0.2, 0.25) is 0 Å². The number of anilines is 1. The van der Waals surface area contributed by atoms with Gasteiger partial charge in [0, 0.05) is 44.0 Å². The summed E-state index contributed by atoms with van der Waals surface area (Å²) in [6.07, 6.45) is 8.70. The highest BCUT2D eigenvalue weighted by molar-refractivity contribution is 5.91. The second kappa shape index (κ2) is 7.33. The molecule has 2 unspecified atom stereocenters. The van der Waals surface area contributed by atoms with Gasteiger partial charge >= 0.3 is 0 Å². The second-order valence-corrected chi connectivity index (χ2v) is 6.95. The summed E-state index contributed by atoms with van der Waals surface area (Å²) in [5.41, 5.74) is 1.92. The summed E-state index contributed by atoms with van der Waals surface area (Å²) in [5, 5.41) is 7.00. The summed E-state index contributed by atoms with van der Waals surface area (Å²) in [7, 11) is 0. The summed E-state index contributed by atoms with van der Waals surface area (Å²) in [6, 6.07) is 10.1. The number of aliphatic imine (C=N–C) groups is 1. The number of hydrogen-bond acceptors (Lipinski definition) is 5. The molecule has 1 fully saturated rings. The van der Waals surface area contributed by atoms with Gasteiger partial charge in [-0.2, -0.15) is 4.99 Å². The molecular formula is C20H24N4O2. The lowest BCUT2D eigenvalue weighted by Crippen LogP contribution is -2.45. The van der Waals surface area contributed by atoms with Crippen LogP contribution >= 0.6 is 0 Å². The molecular weight excluding hydrogens is 328 g/mol. The minimum atomic E-state index is -0.523. The number of nitrogens with one attached hydrogen (secondary N) is 2. The van der Waals surface area contributed by atoms with E-state index in [0.717, 1.165) is 38.3 Å². The van der Waals surface area contributed by atoms with Crippen LogP contribution < -0.4 is 10.6 Å². The Morgan fingerprint density at radius 1 is 1.27 bits per heavy atom. The third-order valence-electron chi connectivity index (χ3n) is 5.13. The zero-order chi connectivity index (χ0) is 17.8. The van der Waals surface area contributed by atoms with Gasteiger partial charge < -0.3 is 20.3 Å². The van der Waals surface area contributed by atoms with Crippen molar-refractivity contribution in [2.75, 3.05) is 31.5 Å². The third kappa shape index (κ3) is 3.65. The molecule has 1 aromatic rings. The molecule has 1 aromatic carbocycles. The first-order chi connectivity index (χ1) is 12.7. The number of hydrogen-bond donors (Lipinski definition) is 2. The van der Waals surface area contributed by atoms with Gasteiger partial charge in [-0.25, -0.2) is 0 Å². The van der Waals surface area contributed by atoms with Gasteiger partial charge in [0.1, 0.15) is 0 Å². The number of allylic oxidation sites excluding steroid dienone is 1. The quantitative estimate of drug-likeness (QED) is 0.848. The largest absolute Gasteiger partial charge is 0.470 e. The standard InChI is InChI=1S/C20H24N4O2/c25-19-18(26-15-22-19)14-20(23-16-4-2-1-3-5-16)8-6-17(7-9-20)24-12-10-21-11-13-24/h1-8,15,18,21,23H,9-14H2. The summed E-state index contributed by atoms with van der Waals surface area (Å²) >= 11 is 0. The Hall–Kier alpha value is -2.60. The highest BCUT2D eigenvalue weighted by atomic mass is 16.5. The highest BCUT2D eigenvalue weighted by Gasteiger charge is 2.37. The van der Waals surface area contributed by atoms with E-state index >= 15 is 0 Å². The topological polar surface area (TPSA) is 66.0 Å². The predicted octanol–water partition coefficient (Wildman–Crippen LogP) is 1.93. The molecule has 1 aliphatic carbocycles. The first-order valence-electron chi connectivity index (χ1n) is 9.14. The molecule has 0 saturated carbocycles. The summed E-state index contributed by atoms with van der Waals surface area (Å²) in [4.78, 5) is 18.1. The number of piperazine rings is 1. The second-order valence-electron chi connectivity index (χ2n) is 6.95. The lowest BCUT2D eigenvalue weighted by molar-refractivity contribution is -0.123. The number of nitrogens with zero attached hydrogens (tertiary/aromatic N) is 2. The Morgan fingerprint density at radius 2 is 2.08 bits per heavy atom. The molecule has 2 N–H and O–H groups in total. The van der Waals surface area contributed by atoms with E-state index in [1.165, 1.54) is 12.1 Å². The number of para-hydroxylation sites is 1. The van der Waals surface area contributed by atoms with E-state index in [4.69, 9.17) is 4.74 Å². The van der Waals surface area contributed by atoms with Crippen molar-refractivity contribution < 1.29 is 9.53 Å². The van der Waals surface area contributed by atoms with Gasteiger partial charge in [-0.1, -0.05) is 30.4 Å². The van der Waals surface area contributed by atoms with Crippen molar-refractivity contribution in [1.29, 1.82) is 0 Å². The number of benzene rings is 1. The van der Waals surface area contributed by atoms with Gasteiger partial charge in [-0.3, -0.25) is 4.79 Å². The monoisotopic (exact) mass is 352 g/mol. The number of ether oxygens (including phenoxy) is 1. The van der Waals surface area contributed by atoms with E-state index in [2.05, 4.69) is 38.8 Å². The van der Waals surface area contributed by atoms with E-state index in [9.17, 15) is 4.79 Å². The van der Waals surface area contributed by atoms with E-state index in [-0.39, 0.29) is 11.4 Å². The van der Waals surface area contributed by atoms with E-state index in [0.29, 0.717) is 6.42 Å². The average Bonchev–Trinajstić information content (AvgIpc) is 3.08. The predicted molar refractivity (Wildman–Crippen MR) is 102 cm³/mol. The maximum Gasteiger partial charge on any atom is 0.289 e. The third-order valence-corrected chi connectivity index (χ3v) is 5.13. The van der Waals surface area contributed by atoms with Crippen molar-refractivity contribution in [2.24, 2.45) is 4.99 Å². The molecule has 0 radical (unpaired) electrons. The molecule has 6 nitrogen and oxygen atoms in total. The molecule has 1 amide bonds. The normalized spacial score (nSPS) is 28.0. The van der Waals surface area contributed by atoms with Gasteiger partial charge in [-0.15, -0.1) is 0 Å². The van der Waals surface area contributed by atoms with E-state index in [1.807, 2.05) is 30.3 Å². The van der Waals surface area contributed by atoms with Crippen molar-refractivity contribution >= 4 is 18.0 Å². The molecule has 136 valence electrons. The van der Waals surface area contributed by atoms with Crippen LogP contribution in [0.25, 0.3) is 0 Å². The fourth-order valence-corrected chi connectivity index (χ4v) is 3.69. The Balaban J connectivity index is 1.53. The van der Waals surface area contributed by atoms with Crippen LogP contribution in [0, 0.1) is 0 Å². The van der Waals surface area contributed by atoms with Crippen molar-refractivity contribution in [1.82, 2.24) is 10.2 Å². The van der Waals surface area contributed by atoms with Crippen LogP contribution in [0.15, 0.2) is 59.2 Å². The maximum absolute atomic E-state index is 11.9. The minimum absolute atomic E-state index is 0.204. The van der Waals surface area contributed by atoms with Crippen LogP contribution in [-0.2, 0) is 9.53 Å². The lowest BCUT2D eigenvalue weighted by atomic mass is 9.84. The van der Waals surface area contributed by atoms with Gasteiger partial charge in [0.25, 0.3) is 5.91 Å². The Labute approximate surface area is 153 Å². The van der Waals surface area contributed by atoms with Crippen molar-refractivity contribution in [3.05, 3.63) is 54.3 Å². The first-order valence-corrected chi connectivity index (χ1v) is 9.14. The van der Waals surface area contributed by atoms with Gasteiger partial charge in [0.05, 0.1) is 5.54 Å². The highest BCUT2D eigenvalue weighted by Crippen LogP contribution is 2.32. The zero-order valence-electron chi connectivity index (χ0n) is 14.7. The average molecular weight is 352 g/mol. The SMILES string of the molecule is O=C1N=COC1CC1(Nc2ccccc2)C=CC(N2CCNCC2)=CC1. The van der Waals surface area contributed by atoms with Gasteiger partial charge in [0.15, 0.2) is 12.5 Å². The number of carbonyl (C=O) groups is 1. The number of rotatable bonds is 5. The van der Waals surface area contributed by atoms with Crippen molar-refractivity contribution in [3.8, 4) is 0 Å². The Morgan fingerprint density at radius 3 is 2.73 bits per heavy atom. The molecule has 6 heteroatoms. The summed E-state index contributed by atoms with van der Waals surface area (Å²) in [5.74, 6) is -0.204. The molecule has 2 aliphatic heterocycles. The smallest absolute Gasteiger partial charge is 0.289 e. The maximum atomic E-state index is 11.9. The molecule has 0 bridgehead atoms. The van der Waals surface area contributed by atoms with Crippen LogP contribution in [-0.4, -0.2) is 55.0 Å². The lowest BCUT2D eigenvalue weighted by Gasteiger charge is -2.38. The van der Waals surface area contributed by atoms with E-state index < -0.39 is 6.10 Å². The van der Waals surface area contributed by atoms with Crippen LogP contribution in [0.3, 0.4) is 0 Å². The first kappa shape index (κ1) is 16.8. The molecule has 2 atom stereocenters. The zero-order valence-corrected chi connectivity index (χ0v) is 14.7. The summed E-state index contributed by atoms with van der Waals surface area (Å²) in [6.45, 7) is 4.07. The molecule has 1 saturated heterocycles. The summed E-state index contributed by atoms with van der Waals surface area (Å²) < 4.78 is 5.42. The van der Waals surface area contributed by atoms with Crippen molar-refractivity contribution in [2.45, 2.75) is 24.5 Å². The molecule has 4 rings (SSSR count). The van der Waals surface area contributed by atoms with Crippen LogP contribution in [0.5, 0.6) is 0 Å². The number of carbonyl (C=O) groups excluding carboxylic acids is 1. The fourth-order valence-electron chi connectivity index (χ4n) is 3.69. The molecule has 2 heterocycles. The van der Waals surface area contributed by atoms with Gasteiger partial charge in [0.2, 0.25) is 0 Å². The molecule has 3 aliphatic rings. The van der Waals surface area contributed by atoms with E-state index in [1.54, 1.807) is 0 Å². The van der Waals surface area contributed by atoms with Crippen molar-refractivity contribution in [3.63, 3.8) is 0 Å². The molecule has 0 spiro atoms. The number of amides is 1. The molecule has 0 aromatic heterocycles. The Kier molecular flexibility index (Phi) is 4.75. The molecule has 26 heavy (non-hydrogen) atoms. The fraction of sp³-hybridized carbons (Fsp3) is 0.400.